The topological polar surface area (TPSA) is 97.1 Å². The zero-order valence-electron chi connectivity index (χ0n) is 9.67. The van der Waals surface area contributed by atoms with Crippen LogP contribution in [0.2, 0.25) is 0 Å². The molecule has 1 atom stereocenters. The molecule has 0 aromatic carbocycles. The third-order valence-electron chi connectivity index (χ3n) is 2.16. The minimum atomic E-state index is -3.48. The fourth-order valence-corrected chi connectivity index (χ4v) is 2.45. The second-order valence-electron chi connectivity index (χ2n) is 3.42. The fourth-order valence-electron chi connectivity index (χ4n) is 1.02. The van der Waals surface area contributed by atoms with Crippen molar-refractivity contribution in [2.45, 2.75) is 17.1 Å². The predicted molar refractivity (Wildman–Crippen MR) is 70.2 cm³/mol. The van der Waals surface area contributed by atoms with Crippen molar-refractivity contribution < 1.29 is 8.42 Å². The zero-order chi connectivity index (χ0) is 12.9. The summed E-state index contributed by atoms with van der Waals surface area (Å²) in [5.41, 5.74) is 2.34. The normalized spacial score (nSPS) is 13.4. The van der Waals surface area contributed by atoms with Crippen molar-refractivity contribution in [1.29, 1.82) is 0 Å². The average molecular weight is 276 g/mol. The predicted octanol–water partition coefficient (Wildman–Crippen LogP) is 0.397. The highest BCUT2D eigenvalue weighted by atomic mass is 32.2. The standard InChI is InChI=1S/C9H16N4O2S2/c1-7(16-2)5-12-17(14,15)8-3-4-9(13-10)11-6-8/h3-4,6-7,12H,5,10H2,1-2H3,(H,11,13). The van der Waals surface area contributed by atoms with E-state index in [4.69, 9.17) is 5.84 Å². The molecule has 0 aliphatic carbocycles. The highest BCUT2D eigenvalue weighted by Crippen LogP contribution is 2.11. The van der Waals surface area contributed by atoms with Gasteiger partial charge in [0.1, 0.15) is 10.7 Å². The molecule has 0 saturated heterocycles. The van der Waals surface area contributed by atoms with Gasteiger partial charge in [-0.1, -0.05) is 6.92 Å². The van der Waals surface area contributed by atoms with Gasteiger partial charge in [0.05, 0.1) is 0 Å². The monoisotopic (exact) mass is 276 g/mol. The number of nitrogens with two attached hydrogens (primary N) is 1. The molecule has 0 amide bonds. The summed E-state index contributed by atoms with van der Waals surface area (Å²) in [7, 11) is -3.48. The molecule has 0 fully saturated rings. The number of rotatable bonds is 6. The lowest BCUT2D eigenvalue weighted by molar-refractivity contribution is 0.581. The SMILES string of the molecule is CSC(C)CNS(=O)(=O)c1ccc(NN)nc1. The Morgan fingerprint density at radius 2 is 2.24 bits per heavy atom. The van der Waals surface area contributed by atoms with Gasteiger partial charge in [-0.05, 0) is 18.4 Å². The van der Waals surface area contributed by atoms with Crippen molar-refractivity contribution >= 4 is 27.6 Å². The summed E-state index contributed by atoms with van der Waals surface area (Å²) >= 11 is 1.60. The van der Waals surface area contributed by atoms with Gasteiger partial charge in [0.2, 0.25) is 10.0 Å². The second-order valence-corrected chi connectivity index (χ2v) is 6.46. The van der Waals surface area contributed by atoms with Gasteiger partial charge in [0.15, 0.2) is 0 Å². The number of thioether (sulfide) groups is 1. The number of hydrazine groups is 1. The summed E-state index contributed by atoms with van der Waals surface area (Å²) in [6.45, 7) is 2.34. The van der Waals surface area contributed by atoms with E-state index in [1.807, 2.05) is 13.2 Å². The number of nitrogens with one attached hydrogen (secondary N) is 2. The van der Waals surface area contributed by atoms with Crippen LogP contribution in [0.15, 0.2) is 23.2 Å². The molecule has 0 radical (unpaired) electrons. The van der Waals surface area contributed by atoms with E-state index in [9.17, 15) is 8.42 Å². The molecule has 0 aliphatic rings. The number of sulfonamides is 1. The first-order valence-corrected chi connectivity index (χ1v) is 7.72. The minimum absolute atomic E-state index is 0.129. The van der Waals surface area contributed by atoms with E-state index in [-0.39, 0.29) is 10.1 Å². The molecule has 0 aliphatic heterocycles. The maximum atomic E-state index is 11.8. The molecule has 6 nitrogen and oxygen atoms in total. The number of nitrogen functional groups attached to an aromatic ring is 1. The molecule has 0 bridgehead atoms. The van der Waals surface area contributed by atoms with Gasteiger partial charge in [-0.3, -0.25) is 0 Å². The van der Waals surface area contributed by atoms with Crippen molar-refractivity contribution in [3.8, 4) is 0 Å². The summed E-state index contributed by atoms with van der Waals surface area (Å²) in [6.07, 6.45) is 3.20. The van der Waals surface area contributed by atoms with Crippen LogP contribution in [0.4, 0.5) is 5.82 Å². The van der Waals surface area contributed by atoms with Crippen LogP contribution in [-0.4, -0.2) is 31.5 Å². The van der Waals surface area contributed by atoms with Crippen LogP contribution in [0, 0.1) is 0 Å². The molecule has 0 spiro atoms. The molecule has 8 heteroatoms. The van der Waals surface area contributed by atoms with Crippen LogP contribution >= 0.6 is 11.8 Å². The molecule has 1 heterocycles. The van der Waals surface area contributed by atoms with Gasteiger partial charge < -0.3 is 5.43 Å². The number of aromatic nitrogens is 1. The minimum Gasteiger partial charge on any atom is -0.308 e. The second kappa shape index (κ2) is 6.20. The first-order chi connectivity index (χ1) is 7.99. The Labute approximate surface area is 105 Å². The molecule has 0 saturated carbocycles. The van der Waals surface area contributed by atoms with Crippen LogP contribution in [0.3, 0.4) is 0 Å². The Bertz CT molecular complexity index is 447. The fraction of sp³-hybridized carbons (Fsp3) is 0.444. The van der Waals surface area contributed by atoms with Gasteiger partial charge in [-0.2, -0.15) is 11.8 Å². The van der Waals surface area contributed by atoms with Crippen LogP contribution in [-0.2, 0) is 10.0 Å². The Morgan fingerprint density at radius 3 is 2.71 bits per heavy atom. The van der Waals surface area contributed by atoms with Gasteiger partial charge in [-0.25, -0.2) is 24.0 Å². The van der Waals surface area contributed by atoms with E-state index in [0.29, 0.717) is 12.4 Å². The van der Waals surface area contributed by atoms with Crippen molar-refractivity contribution in [3.05, 3.63) is 18.3 Å². The molecular weight excluding hydrogens is 260 g/mol. The van der Waals surface area contributed by atoms with Crippen molar-refractivity contribution in [2.24, 2.45) is 5.84 Å². The Morgan fingerprint density at radius 1 is 1.53 bits per heavy atom. The van der Waals surface area contributed by atoms with Crippen molar-refractivity contribution in [2.75, 3.05) is 18.2 Å². The molecule has 1 unspecified atom stereocenters. The van der Waals surface area contributed by atoms with Gasteiger partial charge in [0.25, 0.3) is 0 Å². The summed E-state index contributed by atoms with van der Waals surface area (Å²) in [4.78, 5) is 3.98. The number of hydrogen-bond acceptors (Lipinski definition) is 6. The zero-order valence-corrected chi connectivity index (χ0v) is 11.3. The first kappa shape index (κ1) is 14.2. The summed E-state index contributed by atoms with van der Waals surface area (Å²) in [5.74, 6) is 5.56. The van der Waals surface area contributed by atoms with Crippen molar-refractivity contribution in [1.82, 2.24) is 9.71 Å². The molecule has 1 rings (SSSR count). The van der Waals surface area contributed by atoms with Crippen LogP contribution in [0.5, 0.6) is 0 Å². The van der Waals surface area contributed by atoms with Crippen LogP contribution in [0.25, 0.3) is 0 Å². The van der Waals surface area contributed by atoms with E-state index in [1.165, 1.54) is 18.3 Å². The number of anilines is 1. The summed E-state index contributed by atoms with van der Waals surface area (Å²) in [6, 6.07) is 2.96. The first-order valence-electron chi connectivity index (χ1n) is 4.94. The maximum absolute atomic E-state index is 11.8. The lowest BCUT2D eigenvalue weighted by Gasteiger charge is -2.10. The lowest BCUT2D eigenvalue weighted by atomic mass is 10.5. The van der Waals surface area contributed by atoms with E-state index >= 15 is 0 Å². The van der Waals surface area contributed by atoms with E-state index < -0.39 is 10.0 Å². The largest absolute Gasteiger partial charge is 0.308 e. The van der Waals surface area contributed by atoms with E-state index in [1.54, 1.807) is 11.8 Å². The molecule has 96 valence electrons. The maximum Gasteiger partial charge on any atom is 0.242 e. The molecule has 1 aromatic rings. The Kier molecular flexibility index (Phi) is 5.19. The summed E-state index contributed by atoms with van der Waals surface area (Å²) in [5, 5.41) is 0.225. The summed E-state index contributed by atoms with van der Waals surface area (Å²) < 4.78 is 26.2. The van der Waals surface area contributed by atoms with Crippen molar-refractivity contribution in [3.63, 3.8) is 0 Å². The van der Waals surface area contributed by atoms with Gasteiger partial charge >= 0.3 is 0 Å². The average Bonchev–Trinajstić information content (AvgIpc) is 2.36. The number of nitrogens with zero attached hydrogens (tertiary/aromatic N) is 1. The third-order valence-corrected chi connectivity index (χ3v) is 4.54. The Hall–Kier alpha value is -0.830. The molecule has 17 heavy (non-hydrogen) atoms. The third kappa shape index (κ3) is 4.15. The van der Waals surface area contributed by atoms with E-state index in [2.05, 4.69) is 15.1 Å². The van der Waals surface area contributed by atoms with E-state index in [0.717, 1.165) is 0 Å². The van der Waals surface area contributed by atoms with Crippen LogP contribution < -0.4 is 16.0 Å². The quantitative estimate of drug-likeness (QED) is 0.514. The number of hydrogen-bond donors (Lipinski definition) is 3. The highest BCUT2D eigenvalue weighted by Gasteiger charge is 2.15. The molecule has 4 N–H and O–H groups in total. The lowest BCUT2D eigenvalue weighted by Crippen LogP contribution is -2.29. The highest BCUT2D eigenvalue weighted by molar-refractivity contribution is 7.99. The van der Waals surface area contributed by atoms with Crippen LogP contribution in [0.1, 0.15) is 6.92 Å². The van der Waals surface area contributed by atoms with Gasteiger partial charge in [-0.15, -0.1) is 0 Å². The molecular formula is C9H16N4O2S2. The Balaban J connectivity index is 2.75. The van der Waals surface area contributed by atoms with Gasteiger partial charge in [0, 0.05) is 18.0 Å². The smallest absolute Gasteiger partial charge is 0.242 e. The molecule has 1 aromatic heterocycles. The number of pyridine rings is 1.